The smallest absolute Gasteiger partial charge is 0.348 e. The van der Waals surface area contributed by atoms with Crippen molar-refractivity contribution in [3.63, 3.8) is 0 Å². The molecule has 1 unspecified atom stereocenters. The number of hydrogen-bond acceptors (Lipinski definition) is 5. The van der Waals surface area contributed by atoms with Gasteiger partial charge in [0.2, 0.25) is 0 Å². The van der Waals surface area contributed by atoms with Gasteiger partial charge >= 0.3 is 5.97 Å². The minimum Gasteiger partial charge on any atom is -0.497 e. The van der Waals surface area contributed by atoms with E-state index < -0.39 is 5.97 Å². The zero-order valence-corrected chi connectivity index (χ0v) is 14.5. The maximum atomic E-state index is 12.9. The van der Waals surface area contributed by atoms with E-state index in [4.69, 9.17) is 9.47 Å². The van der Waals surface area contributed by atoms with Gasteiger partial charge in [0.25, 0.3) is 5.91 Å². The van der Waals surface area contributed by atoms with E-state index in [0.29, 0.717) is 16.3 Å². The van der Waals surface area contributed by atoms with E-state index in [2.05, 4.69) is 0 Å². The van der Waals surface area contributed by atoms with E-state index in [1.807, 2.05) is 29.2 Å². The number of amides is 1. The van der Waals surface area contributed by atoms with Crippen LogP contribution in [0.2, 0.25) is 0 Å². The molecule has 0 spiro atoms. The average Bonchev–Trinajstić information content (AvgIpc) is 3.30. The Balaban J connectivity index is 1.83. The van der Waals surface area contributed by atoms with Gasteiger partial charge in [-0.1, -0.05) is 12.1 Å². The first-order chi connectivity index (χ1) is 11.6. The summed E-state index contributed by atoms with van der Waals surface area (Å²) >= 11 is 1.17. The van der Waals surface area contributed by atoms with E-state index in [9.17, 15) is 9.59 Å². The molecule has 1 amide bonds. The molecule has 5 nitrogen and oxygen atoms in total. The number of benzene rings is 1. The molecule has 2 aromatic rings. The summed E-state index contributed by atoms with van der Waals surface area (Å²) < 4.78 is 9.99. The van der Waals surface area contributed by atoms with Gasteiger partial charge in [-0.3, -0.25) is 4.79 Å². The first-order valence-corrected chi connectivity index (χ1v) is 8.58. The molecule has 1 aromatic heterocycles. The van der Waals surface area contributed by atoms with Crippen LogP contribution in [0.25, 0.3) is 0 Å². The van der Waals surface area contributed by atoms with Gasteiger partial charge in [-0.25, -0.2) is 4.79 Å². The van der Waals surface area contributed by atoms with E-state index in [-0.39, 0.29) is 11.9 Å². The molecule has 0 aliphatic carbocycles. The van der Waals surface area contributed by atoms with Gasteiger partial charge in [0.15, 0.2) is 0 Å². The van der Waals surface area contributed by atoms with Crippen molar-refractivity contribution in [1.29, 1.82) is 0 Å². The van der Waals surface area contributed by atoms with Crippen LogP contribution in [0.5, 0.6) is 5.75 Å². The van der Waals surface area contributed by atoms with Crippen LogP contribution in [0.15, 0.2) is 36.4 Å². The standard InChI is InChI=1S/C18H19NO4S/c1-22-13-6-3-5-12(11-13)14-7-4-10-19(14)17(20)15-8-9-16(24-15)18(21)23-2/h3,5-6,8-9,11,14H,4,7,10H2,1-2H3. The van der Waals surface area contributed by atoms with Crippen molar-refractivity contribution in [3.8, 4) is 5.75 Å². The van der Waals surface area contributed by atoms with Gasteiger partial charge in [-0.15, -0.1) is 11.3 Å². The maximum absolute atomic E-state index is 12.9. The molecule has 1 saturated heterocycles. The first kappa shape index (κ1) is 16.5. The molecule has 126 valence electrons. The Labute approximate surface area is 144 Å². The third-order valence-electron chi connectivity index (χ3n) is 4.20. The molecule has 1 aromatic carbocycles. The Kier molecular flexibility index (Phi) is 4.85. The number of hydrogen-bond donors (Lipinski definition) is 0. The summed E-state index contributed by atoms with van der Waals surface area (Å²) in [5.74, 6) is 0.334. The van der Waals surface area contributed by atoms with Crippen molar-refractivity contribution >= 4 is 23.2 Å². The highest BCUT2D eigenvalue weighted by Crippen LogP contribution is 2.35. The van der Waals surface area contributed by atoms with Gasteiger partial charge in [0.05, 0.1) is 25.1 Å². The SMILES string of the molecule is COC(=O)c1ccc(C(=O)N2CCCC2c2cccc(OC)c2)s1. The summed E-state index contributed by atoms with van der Waals surface area (Å²) in [5.41, 5.74) is 1.07. The highest BCUT2D eigenvalue weighted by molar-refractivity contribution is 7.15. The second-order valence-electron chi connectivity index (χ2n) is 5.59. The molecule has 1 aliphatic rings. The van der Waals surface area contributed by atoms with Crippen LogP contribution in [0.4, 0.5) is 0 Å². The Morgan fingerprint density at radius 1 is 1.17 bits per heavy atom. The van der Waals surface area contributed by atoms with Crippen LogP contribution < -0.4 is 4.74 Å². The zero-order chi connectivity index (χ0) is 17.1. The molecule has 24 heavy (non-hydrogen) atoms. The summed E-state index contributed by atoms with van der Waals surface area (Å²) in [6.07, 6.45) is 1.89. The fourth-order valence-corrected chi connectivity index (χ4v) is 3.89. The lowest BCUT2D eigenvalue weighted by atomic mass is 10.0. The molecule has 0 N–H and O–H groups in total. The normalized spacial score (nSPS) is 16.9. The number of nitrogens with zero attached hydrogens (tertiary/aromatic N) is 1. The lowest BCUT2D eigenvalue weighted by Crippen LogP contribution is -2.29. The molecule has 1 aliphatic heterocycles. The number of likely N-dealkylation sites (tertiary alicyclic amines) is 1. The van der Waals surface area contributed by atoms with Crippen molar-refractivity contribution in [3.05, 3.63) is 51.7 Å². The summed E-state index contributed by atoms with van der Waals surface area (Å²) in [6.45, 7) is 0.714. The van der Waals surface area contributed by atoms with Gasteiger partial charge in [-0.05, 0) is 42.7 Å². The lowest BCUT2D eigenvalue weighted by Gasteiger charge is -2.25. The molecular formula is C18H19NO4S. The third-order valence-corrected chi connectivity index (χ3v) is 5.25. The maximum Gasteiger partial charge on any atom is 0.348 e. The van der Waals surface area contributed by atoms with E-state index in [0.717, 1.165) is 24.2 Å². The number of methoxy groups -OCH3 is 2. The van der Waals surface area contributed by atoms with Crippen LogP contribution >= 0.6 is 11.3 Å². The van der Waals surface area contributed by atoms with Gasteiger partial charge in [0.1, 0.15) is 10.6 Å². The second-order valence-corrected chi connectivity index (χ2v) is 6.67. The molecule has 3 rings (SSSR count). The number of carbonyl (C=O) groups excluding carboxylic acids is 2. The Bertz CT molecular complexity index is 755. The summed E-state index contributed by atoms with van der Waals surface area (Å²) in [5, 5.41) is 0. The highest BCUT2D eigenvalue weighted by atomic mass is 32.1. The summed E-state index contributed by atoms with van der Waals surface area (Å²) in [7, 11) is 2.97. The average molecular weight is 345 g/mol. The van der Waals surface area contributed by atoms with Crippen molar-refractivity contribution in [2.45, 2.75) is 18.9 Å². The Morgan fingerprint density at radius 3 is 2.71 bits per heavy atom. The predicted molar refractivity (Wildman–Crippen MR) is 91.7 cm³/mol. The minimum absolute atomic E-state index is 0.0382. The number of esters is 1. The van der Waals surface area contributed by atoms with Gasteiger partial charge in [-0.2, -0.15) is 0 Å². The first-order valence-electron chi connectivity index (χ1n) is 7.77. The number of thiophene rings is 1. The van der Waals surface area contributed by atoms with Crippen LogP contribution in [-0.4, -0.2) is 37.5 Å². The summed E-state index contributed by atoms with van der Waals surface area (Å²) in [6, 6.07) is 11.2. The van der Waals surface area contributed by atoms with Crippen LogP contribution in [0.1, 0.15) is 43.8 Å². The molecule has 2 heterocycles. The summed E-state index contributed by atoms with van der Waals surface area (Å²) in [4.78, 5) is 27.3. The number of rotatable bonds is 4. The van der Waals surface area contributed by atoms with Crippen molar-refractivity contribution < 1.29 is 19.1 Å². The van der Waals surface area contributed by atoms with E-state index in [1.54, 1.807) is 19.2 Å². The largest absolute Gasteiger partial charge is 0.497 e. The molecule has 1 atom stereocenters. The van der Waals surface area contributed by atoms with Crippen LogP contribution in [-0.2, 0) is 4.74 Å². The Hall–Kier alpha value is -2.34. The van der Waals surface area contributed by atoms with Crippen molar-refractivity contribution in [1.82, 2.24) is 4.90 Å². The quantitative estimate of drug-likeness (QED) is 0.796. The zero-order valence-electron chi connectivity index (χ0n) is 13.7. The molecule has 0 bridgehead atoms. The van der Waals surface area contributed by atoms with Crippen molar-refractivity contribution in [2.24, 2.45) is 0 Å². The van der Waals surface area contributed by atoms with E-state index in [1.165, 1.54) is 18.4 Å². The van der Waals surface area contributed by atoms with Crippen molar-refractivity contribution in [2.75, 3.05) is 20.8 Å². The van der Waals surface area contributed by atoms with Gasteiger partial charge in [0, 0.05) is 6.54 Å². The molecule has 6 heteroatoms. The fraction of sp³-hybridized carbons (Fsp3) is 0.333. The van der Waals surface area contributed by atoms with Gasteiger partial charge < -0.3 is 14.4 Å². The lowest BCUT2D eigenvalue weighted by molar-refractivity contribution is 0.0606. The molecule has 1 fully saturated rings. The fourth-order valence-electron chi connectivity index (χ4n) is 3.01. The minimum atomic E-state index is -0.412. The molecule has 0 saturated carbocycles. The van der Waals surface area contributed by atoms with E-state index >= 15 is 0 Å². The predicted octanol–water partition coefficient (Wildman–Crippen LogP) is 3.52. The number of ether oxygens (including phenoxy) is 2. The topological polar surface area (TPSA) is 55.8 Å². The monoisotopic (exact) mass is 345 g/mol. The second kappa shape index (κ2) is 7.05. The highest BCUT2D eigenvalue weighted by Gasteiger charge is 2.31. The molecular weight excluding hydrogens is 326 g/mol. The molecule has 0 radical (unpaired) electrons. The Morgan fingerprint density at radius 2 is 1.96 bits per heavy atom. The van der Waals surface area contributed by atoms with Crippen LogP contribution in [0.3, 0.4) is 0 Å². The number of carbonyl (C=O) groups is 2. The third kappa shape index (κ3) is 3.14. The van der Waals surface area contributed by atoms with Crippen LogP contribution in [0, 0.1) is 0 Å².